The van der Waals surface area contributed by atoms with Crippen LogP contribution in [0.25, 0.3) is 0 Å². The first kappa shape index (κ1) is 15.2. The van der Waals surface area contributed by atoms with Crippen LogP contribution in [0.5, 0.6) is 0 Å². The normalized spacial score (nSPS) is 13.7. The minimum Gasteiger partial charge on any atom is -0.223 e. The van der Waals surface area contributed by atoms with Gasteiger partial charge >= 0.3 is 0 Å². The van der Waals surface area contributed by atoms with Crippen molar-refractivity contribution in [2.24, 2.45) is 0 Å². The average molecular weight is 282 g/mol. The van der Waals surface area contributed by atoms with E-state index < -0.39 is 17.9 Å². The molecule has 0 radical (unpaired) electrons. The third-order valence-electron chi connectivity index (χ3n) is 3.17. The van der Waals surface area contributed by atoms with Gasteiger partial charge in [0.05, 0.1) is 18.7 Å². The molecular formula is C14H22O2SSi. The smallest absolute Gasteiger partial charge is 0.181 e. The summed E-state index contributed by atoms with van der Waals surface area (Å²) in [5.41, 5.74) is 1.07. The second-order valence-corrected chi connectivity index (χ2v) is 13.1. The number of rotatable bonds is 4. The van der Waals surface area contributed by atoms with E-state index in [-0.39, 0.29) is 5.75 Å². The minimum atomic E-state index is -3.19. The zero-order valence-corrected chi connectivity index (χ0v) is 13.6. The van der Waals surface area contributed by atoms with Crippen LogP contribution in [0.3, 0.4) is 0 Å². The molecule has 0 unspecified atom stereocenters. The van der Waals surface area contributed by atoms with Crippen LogP contribution in [-0.2, 0) is 9.84 Å². The molecular weight excluding hydrogens is 260 g/mol. The summed E-state index contributed by atoms with van der Waals surface area (Å²) in [4.78, 5) is 0.410. The molecule has 0 aromatic heterocycles. The van der Waals surface area contributed by atoms with E-state index in [0.717, 1.165) is 5.56 Å². The maximum atomic E-state index is 12.1. The van der Waals surface area contributed by atoms with Crippen LogP contribution in [0.15, 0.2) is 40.4 Å². The molecule has 0 spiro atoms. The van der Waals surface area contributed by atoms with Crippen LogP contribution in [-0.4, -0.2) is 22.2 Å². The predicted molar refractivity (Wildman–Crippen MR) is 80.3 cm³/mol. The van der Waals surface area contributed by atoms with Crippen LogP contribution in [0.4, 0.5) is 0 Å². The Bertz CT molecular complexity index is 534. The number of hydrogen-bond donors (Lipinski definition) is 0. The second-order valence-electron chi connectivity index (χ2n) is 5.73. The van der Waals surface area contributed by atoms with Crippen LogP contribution in [0.2, 0.25) is 19.6 Å². The zero-order valence-electron chi connectivity index (χ0n) is 11.8. The lowest BCUT2D eigenvalue weighted by molar-refractivity contribution is 0.599. The highest BCUT2D eigenvalue weighted by Gasteiger charge is 2.17. The van der Waals surface area contributed by atoms with Gasteiger partial charge in [0, 0.05) is 0 Å². The molecule has 2 nitrogen and oxygen atoms in total. The SMILES string of the molecule is C/C(=C/CS(=O)(=O)c1ccc(C)cc1)[Si](C)(C)C. The molecule has 1 aromatic carbocycles. The maximum absolute atomic E-state index is 12.1. The first-order chi connectivity index (χ1) is 8.13. The number of benzene rings is 1. The molecule has 0 saturated heterocycles. The molecule has 0 aliphatic heterocycles. The van der Waals surface area contributed by atoms with Gasteiger partial charge in [0.2, 0.25) is 0 Å². The molecule has 0 fully saturated rings. The molecule has 100 valence electrons. The fourth-order valence-electron chi connectivity index (χ4n) is 1.38. The van der Waals surface area contributed by atoms with Crippen LogP contribution < -0.4 is 0 Å². The van der Waals surface area contributed by atoms with Gasteiger partial charge in [-0.15, -0.1) is 0 Å². The highest BCUT2D eigenvalue weighted by molar-refractivity contribution is 7.91. The van der Waals surface area contributed by atoms with E-state index in [4.69, 9.17) is 0 Å². The summed E-state index contributed by atoms with van der Waals surface area (Å²) in [6.45, 7) is 10.6. The van der Waals surface area contributed by atoms with Gasteiger partial charge in [0.15, 0.2) is 9.84 Å². The Morgan fingerprint density at radius 3 is 2.11 bits per heavy atom. The lowest BCUT2D eigenvalue weighted by Gasteiger charge is -2.16. The van der Waals surface area contributed by atoms with Crippen LogP contribution >= 0.6 is 0 Å². The van der Waals surface area contributed by atoms with E-state index >= 15 is 0 Å². The molecule has 1 rings (SSSR count). The highest BCUT2D eigenvalue weighted by atomic mass is 32.2. The number of aryl methyl sites for hydroxylation is 1. The fraction of sp³-hybridized carbons (Fsp3) is 0.429. The molecule has 0 atom stereocenters. The van der Waals surface area contributed by atoms with Gasteiger partial charge in [0.25, 0.3) is 0 Å². The van der Waals surface area contributed by atoms with E-state index in [2.05, 4.69) is 19.6 Å². The van der Waals surface area contributed by atoms with Gasteiger partial charge in [-0.1, -0.05) is 48.6 Å². The summed E-state index contributed by atoms with van der Waals surface area (Å²) in [6, 6.07) is 7.04. The number of allylic oxidation sites excluding steroid dienone is 1. The van der Waals surface area contributed by atoms with E-state index in [1.165, 1.54) is 5.20 Å². The maximum Gasteiger partial charge on any atom is 0.181 e. The Morgan fingerprint density at radius 1 is 1.17 bits per heavy atom. The van der Waals surface area contributed by atoms with Crippen molar-refractivity contribution in [2.75, 3.05) is 5.75 Å². The monoisotopic (exact) mass is 282 g/mol. The van der Waals surface area contributed by atoms with Crippen molar-refractivity contribution >= 4 is 17.9 Å². The Labute approximate surface area is 112 Å². The molecule has 0 amide bonds. The van der Waals surface area contributed by atoms with E-state index in [1.54, 1.807) is 12.1 Å². The molecule has 0 heterocycles. The average Bonchev–Trinajstić information content (AvgIpc) is 2.25. The van der Waals surface area contributed by atoms with Crippen LogP contribution in [0.1, 0.15) is 12.5 Å². The largest absolute Gasteiger partial charge is 0.223 e. The summed E-state index contributed by atoms with van der Waals surface area (Å²) < 4.78 is 24.3. The number of hydrogen-bond acceptors (Lipinski definition) is 2. The molecule has 0 bridgehead atoms. The van der Waals surface area contributed by atoms with E-state index in [1.807, 2.05) is 32.1 Å². The van der Waals surface area contributed by atoms with Gasteiger partial charge < -0.3 is 0 Å². The molecule has 0 aliphatic rings. The van der Waals surface area contributed by atoms with Crippen molar-refractivity contribution in [1.29, 1.82) is 0 Å². The standard InChI is InChI=1S/C14H22O2SSi/c1-12-6-8-14(9-7-12)17(15,16)11-10-13(2)18(3,4)5/h6-10H,11H2,1-5H3/b13-10-. The lowest BCUT2D eigenvalue weighted by Crippen LogP contribution is -2.22. The van der Waals surface area contributed by atoms with Crippen molar-refractivity contribution < 1.29 is 8.42 Å². The van der Waals surface area contributed by atoms with E-state index in [9.17, 15) is 8.42 Å². The van der Waals surface area contributed by atoms with Gasteiger partial charge in [-0.2, -0.15) is 0 Å². The zero-order chi connectivity index (χ0) is 14.0. The Morgan fingerprint density at radius 2 is 1.67 bits per heavy atom. The number of sulfone groups is 1. The van der Waals surface area contributed by atoms with Crippen molar-refractivity contribution in [3.8, 4) is 0 Å². The highest BCUT2D eigenvalue weighted by Crippen LogP contribution is 2.16. The van der Waals surface area contributed by atoms with Crippen LogP contribution in [0, 0.1) is 6.92 Å². The summed E-state index contributed by atoms with van der Waals surface area (Å²) in [6.07, 6.45) is 1.88. The quantitative estimate of drug-likeness (QED) is 0.791. The summed E-state index contributed by atoms with van der Waals surface area (Å²) in [5.74, 6) is 0.103. The summed E-state index contributed by atoms with van der Waals surface area (Å²) in [5, 5.41) is 1.23. The minimum absolute atomic E-state index is 0.103. The molecule has 0 aliphatic carbocycles. The topological polar surface area (TPSA) is 34.1 Å². The third-order valence-corrected chi connectivity index (χ3v) is 7.34. The van der Waals surface area contributed by atoms with Crippen molar-refractivity contribution in [1.82, 2.24) is 0 Å². The Kier molecular flexibility index (Phi) is 4.56. The molecule has 0 N–H and O–H groups in total. The molecule has 0 saturated carbocycles. The van der Waals surface area contributed by atoms with Crippen molar-refractivity contribution in [2.45, 2.75) is 38.4 Å². The summed E-state index contributed by atoms with van der Waals surface area (Å²) >= 11 is 0. The Hall–Kier alpha value is -0.873. The van der Waals surface area contributed by atoms with Gasteiger partial charge in [-0.25, -0.2) is 8.42 Å². The molecule has 4 heteroatoms. The van der Waals surface area contributed by atoms with Gasteiger partial charge in [-0.3, -0.25) is 0 Å². The van der Waals surface area contributed by atoms with Crippen molar-refractivity contribution in [3.63, 3.8) is 0 Å². The van der Waals surface area contributed by atoms with Gasteiger partial charge in [-0.05, 0) is 26.0 Å². The third kappa shape index (κ3) is 4.10. The molecule has 1 aromatic rings. The van der Waals surface area contributed by atoms with Crippen molar-refractivity contribution in [3.05, 3.63) is 41.1 Å². The molecule has 18 heavy (non-hydrogen) atoms. The lowest BCUT2D eigenvalue weighted by atomic mass is 10.2. The first-order valence-electron chi connectivity index (χ1n) is 6.09. The summed E-state index contributed by atoms with van der Waals surface area (Å²) in [7, 11) is -4.56. The first-order valence-corrected chi connectivity index (χ1v) is 11.2. The predicted octanol–water partition coefficient (Wildman–Crippen LogP) is 3.59. The Balaban J connectivity index is 2.94. The fourth-order valence-corrected chi connectivity index (χ4v) is 3.46. The van der Waals surface area contributed by atoms with E-state index in [0.29, 0.717) is 4.90 Å². The second kappa shape index (κ2) is 5.41. The van der Waals surface area contributed by atoms with Gasteiger partial charge in [0.1, 0.15) is 0 Å².